The molecule has 0 unspecified atom stereocenters. The number of hydrogen-bond donors (Lipinski definition) is 2. The minimum Gasteiger partial charge on any atom is -0.493 e. The van der Waals surface area contributed by atoms with Gasteiger partial charge in [0.15, 0.2) is 11.5 Å². The molecule has 0 aliphatic heterocycles. The lowest BCUT2D eigenvalue weighted by atomic mass is 10.2. The molecule has 130 valence electrons. The van der Waals surface area contributed by atoms with Gasteiger partial charge in [0, 0.05) is 23.5 Å². The fourth-order valence-electron chi connectivity index (χ4n) is 1.91. The summed E-state index contributed by atoms with van der Waals surface area (Å²) in [6.07, 6.45) is 4.70. The van der Waals surface area contributed by atoms with E-state index in [4.69, 9.17) is 9.47 Å². The Morgan fingerprint density at radius 1 is 1.20 bits per heavy atom. The fourth-order valence-corrected chi connectivity index (χ4v) is 1.91. The molecule has 0 atom stereocenters. The number of hydrazone groups is 1. The zero-order valence-corrected chi connectivity index (χ0v) is 13.9. The van der Waals surface area contributed by atoms with Crippen LogP contribution in [0.2, 0.25) is 0 Å². The van der Waals surface area contributed by atoms with Gasteiger partial charge in [-0.1, -0.05) is 6.07 Å². The molecular formula is C17H18N4O4. The number of carbonyl (C=O) groups excluding carboxylic acids is 2. The predicted molar refractivity (Wildman–Crippen MR) is 91.9 cm³/mol. The zero-order chi connectivity index (χ0) is 18.1. The second kappa shape index (κ2) is 9.02. The van der Waals surface area contributed by atoms with Crippen LogP contribution < -0.4 is 20.2 Å². The average Bonchev–Trinajstić information content (AvgIpc) is 2.66. The standard InChI is InChI=1S/C17H18N4O4/c1-24-14-6-5-13(8-15(14)25-2)17(23)19-11-16(22)21-20-10-12-4-3-7-18-9-12/h3-10H,11H2,1-2H3,(H,19,23)(H,21,22). The van der Waals surface area contributed by atoms with Gasteiger partial charge in [0.25, 0.3) is 11.8 Å². The maximum atomic E-state index is 12.1. The van der Waals surface area contributed by atoms with Crippen LogP contribution in [0.25, 0.3) is 0 Å². The van der Waals surface area contributed by atoms with E-state index in [2.05, 4.69) is 20.8 Å². The number of nitrogens with zero attached hydrogens (tertiary/aromatic N) is 2. The van der Waals surface area contributed by atoms with Crippen molar-refractivity contribution in [2.75, 3.05) is 20.8 Å². The van der Waals surface area contributed by atoms with Gasteiger partial charge in [-0.15, -0.1) is 0 Å². The summed E-state index contributed by atoms with van der Waals surface area (Å²) in [5.41, 5.74) is 3.42. The van der Waals surface area contributed by atoms with Crippen molar-refractivity contribution in [2.24, 2.45) is 5.10 Å². The van der Waals surface area contributed by atoms with Gasteiger partial charge in [-0.3, -0.25) is 14.6 Å². The third kappa shape index (κ3) is 5.31. The molecule has 0 spiro atoms. The molecular weight excluding hydrogens is 324 g/mol. The summed E-state index contributed by atoms with van der Waals surface area (Å²) in [6.45, 7) is -0.211. The lowest BCUT2D eigenvalue weighted by Gasteiger charge is -2.09. The molecule has 2 rings (SSSR count). The van der Waals surface area contributed by atoms with E-state index in [1.165, 1.54) is 26.5 Å². The van der Waals surface area contributed by atoms with Gasteiger partial charge >= 0.3 is 0 Å². The number of amides is 2. The van der Waals surface area contributed by atoms with E-state index in [0.29, 0.717) is 17.1 Å². The molecule has 1 aromatic heterocycles. The first kappa shape index (κ1) is 17.9. The third-order valence-corrected chi connectivity index (χ3v) is 3.14. The van der Waals surface area contributed by atoms with Gasteiger partial charge in [-0.05, 0) is 24.3 Å². The van der Waals surface area contributed by atoms with Crippen molar-refractivity contribution in [3.05, 3.63) is 53.9 Å². The summed E-state index contributed by atoms with van der Waals surface area (Å²) in [5.74, 6) is 0.0866. The minimum atomic E-state index is -0.450. The van der Waals surface area contributed by atoms with Gasteiger partial charge in [-0.2, -0.15) is 5.10 Å². The lowest BCUT2D eigenvalue weighted by Crippen LogP contribution is -2.34. The zero-order valence-electron chi connectivity index (χ0n) is 13.9. The summed E-state index contributed by atoms with van der Waals surface area (Å²) in [6, 6.07) is 8.28. The number of pyridine rings is 1. The molecule has 0 saturated heterocycles. The first-order chi connectivity index (χ1) is 12.1. The Kier molecular flexibility index (Phi) is 6.47. The van der Waals surface area contributed by atoms with Crippen LogP contribution in [0.4, 0.5) is 0 Å². The number of benzene rings is 1. The molecule has 0 saturated carbocycles. The van der Waals surface area contributed by atoms with E-state index < -0.39 is 11.8 Å². The van der Waals surface area contributed by atoms with Crippen molar-refractivity contribution in [3.8, 4) is 11.5 Å². The molecule has 0 aliphatic rings. The molecule has 1 aromatic carbocycles. The first-order valence-corrected chi connectivity index (χ1v) is 7.36. The van der Waals surface area contributed by atoms with Crippen LogP contribution >= 0.6 is 0 Å². The summed E-state index contributed by atoms with van der Waals surface area (Å²) in [7, 11) is 2.99. The van der Waals surface area contributed by atoms with E-state index in [0.717, 1.165) is 5.56 Å². The Labute approximate surface area is 144 Å². The summed E-state index contributed by atoms with van der Waals surface area (Å²) in [5, 5.41) is 6.29. The largest absolute Gasteiger partial charge is 0.493 e. The molecule has 0 fully saturated rings. The van der Waals surface area contributed by atoms with Crippen LogP contribution in [-0.4, -0.2) is 43.8 Å². The van der Waals surface area contributed by atoms with Crippen molar-refractivity contribution in [1.29, 1.82) is 0 Å². The number of hydrogen-bond acceptors (Lipinski definition) is 6. The predicted octanol–water partition coefficient (Wildman–Crippen LogP) is 0.979. The number of rotatable bonds is 7. The normalized spacial score (nSPS) is 10.3. The highest BCUT2D eigenvalue weighted by atomic mass is 16.5. The van der Waals surface area contributed by atoms with Crippen LogP contribution in [0.3, 0.4) is 0 Å². The number of carbonyl (C=O) groups is 2. The van der Waals surface area contributed by atoms with Crippen molar-refractivity contribution >= 4 is 18.0 Å². The smallest absolute Gasteiger partial charge is 0.259 e. The number of nitrogens with one attached hydrogen (secondary N) is 2. The van der Waals surface area contributed by atoms with E-state index in [9.17, 15) is 9.59 Å². The number of aromatic nitrogens is 1. The van der Waals surface area contributed by atoms with Crippen molar-refractivity contribution in [2.45, 2.75) is 0 Å². The Morgan fingerprint density at radius 2 is 2.00 bits per heavy atom. The van der Waals surface area contributed by atoms with Crippen molar-refractivity contribution in [3.63, 3.8) is 0 Å². The Bertz CT molecular complexity index is 762. The van der Waals surface area contributed by atoms with E-state index in [1.54, 1.807) is 36.7 Å². The van der Waals surface area contributed by atoms with Gasteiger partial charge in [-0.25, -0.2) is 5.43 Å². The van der Waals surface area contributed by atoms with Gasteiger partial charge in [0.05, 0.1) is 27.0 Å². The van der Waals surface area contributed by atoms with Crippen molar-refractivity contribution in [1.82, 2.24) is 15.7 Å². The fraction of sp³-hybridized carbons (Fsp3) is 0.176. The molecule has 0 radical (unpaired) electrons. The summed E-state index contributed by atoms with van der Waals surface area (Å²) < 4.78 is 10.2. The molecule has 25 heavy (non-hydrogen) atoms. The number of ether oxygens (including phenoxy) is 2. The molecule has 2 amide bonds. The van der Waals surface area contributed by atoms with Crippen LogP contribution in [0.1, 0.15) is 15.9 Å². The highest BCUT2D eigenvalue weighted by Gasteiger charge is 2.11. The van der Waals surface area contributed by atoms with Crippen LogP contribution in [0.5, 0.6) is 11.5 Å². The summed E-state index contributed by atoms with van der Waals surface area (Å²) >= 11 is 0. The van der Waals surface area contributed by atoms with Gasteiger partial charge < -0.3 is 14.8 Å². The van der Waals surface area contributed by atoms with Crippen LogP contribution in [-0.2, 0) is 4.79 Å². The summed E-state index contributed by atoms with van der Waals surface area (Å²) in [4.78, 5) is 27.7. The quantitative estimate of drug-likeness (QED) is 0.577. The van der Waals surface area contributed by atoms with E-state index in [-0.39, 0.29) is 6.54 Å². The average molecular weight is 342 g/mol. The first-order valence-electron chi connectivity index (χ1n) is 7.36. The molecule has 2 N–H and O–H groups in total. The van der Waals surface area contributed by atoms with Crippen molar-refractivity contribution < 1.29 is 19.1 Å². The Morgan fingerprint density at radius 3 is 2.68 bits per heavy atom. The third-order valence-electron chi connectivity index (χ3n) is 3.14. The molecule has 0 bridgehead atoms. The van der Waals surface area contributed by atoms with Crippen LogP contribution in [0, 0.1) is 0 Å². The Balaban J connectivity index is 1.85. The van der Waals surface area contributed by atoms with Gasteiger partial charge in [0.2, 0.25) is 0 Å². The SMILES string of the molecule is COc1ccc(C(=O)NCC(=O)NN=Cc2cccnc2)cc1OC. The van der Waals surface area contributed by atoms with E-state index >= 15 is 0 Å². The maximum Gasteiger partial charge on any atom is 0.259 e. The topological polar surface area (TPSA) is 102 Å². The monoisotopic (exact) mass is 342 g/mol. The minimum absolute atomic E-state index is 0.211. The lowest BCUT2D eigenvalue weighted by molar-refractivity contribution is -0.120. The maximum absolute atomic E-state index is 12.1. The molecule has 0 aliphatic carbocycles. The highest BCUT2D eigenvalue weighted by molar-refractivity contribution is 5.97. The Hall–Kier alpha value is -3.42. The molecule has 8 heteroatoms. The second-order valence-electron chi connectivity index (χ2n) is 4.83. The second-order valence-corrected chi connectivity index (χ2v) is 4.83. The highest BCUT2D eigenvalue weighted by Crippen LogP contribution is 2.27. The molecule has 8 nitrogen and oxygen atoms in total. The van der Waals surface area contributed by atoms with Crippen LogP contribution in [0.15, 0.2) is 47.8 Å². The van der Waals surface area contributed by atoms with Gasteiger partial charge in [0.1, 0.15) is 0 Å². The number of methoxy groups -OCH3 is 2. The van der Waals surface area contributed by atoms with E-state index in [1.807, 2.05) is 0 Å². The molecule has 1 heterocycles. The molecule has 2 aromatic rings.